The lowest BCUT2D eigenvalue weighted by Crippen LogP contribution is -2.20. The average molecular weight is 116 g/mol. The number of ether oxygens (including phenoxy) is 1. The smallest absolute Gasteiger partial charge is 0.191 e. The molecule has 1 aliphatic heterocycles. The summed E-state index contributed by atoms with van der Waals surface area (Å²) in [7, 11) is 0. The number of carbonyl (C=O) groups is 1. The van der Waals surface area contributed by atoms with Gasteiger partial charge < -0.3 is 9.84 Å². The maximum atomic E-state index is 10.5. The highest BCUT2D eigenvalue weighted by atomic mass is 16.5. The first kappa shape index (κ1) is 5.72. The summed E-state index contributed by atoms with van der Waals surface area (Å²) < 4.78 is 4.78. The molecule has 3 nitrogen and oxygen atoms in total. The molecular formula is C5H8O3. The van der Waals surface area contributed by atoms with Crippen LogP contribution in [0.25, 0.3) is 0 Å². The van der Waals surface area contributed by atoms with Crippen LogP contribution in [0.15, 0.2) is 0 Å². The first-order valence-electron chi connectivity index (χ1n) is 2.55. The predicted octanol–water partition coefficient (Wildman–Crippen LogP) is -0.665. The molecule has 46 valence electrons. The molecule has 1 rings (SSSR count). The maximum absolute atomic E-state index is 10.5. The molecule has 0 aliphatic carbocycles. The van der Waals surface area contributed by atoms with E-state index in [1.165, 1.54) is 0 Å². The summed E-state index contributed by atoms with van der Waals surface area (Å²) in [5.41, 5.74) is 0. The quantitative estimate of drug-likeness (QED) is 0.456. The van der Waals surface area contributed by atoms with Gasteiger partial charge in [-0.15, -0.1) is 0 Å². The Hall–Kier alpha value is -0.410. The van der Waals surface area contributed by atoms with Gasteiger partial charge in [-0.25, -0.2) is 0 Å². The van der Waals surface area contributed by atoms with Crippen LogP contribution < -0.4 is 0 Å². The first-order chi connectivity index (χ1) is 3.72. The van der Waals surface area contributed by atoms with Crippen molar-refractivity contribution in [2.75, 3.05) is 6.61 Å². The fourth-order valence-corrected chi connectivity index (χ4v) is 0.671. The van der Waals surface area contributed by atoms with Crippen molar-refractivity contribution < 1.29 is 14.6 Å². The number of ketones is 1. The summed E-state index contributed by atoms with van der Waals surface area (Å²) >= 11 is 0. The number of aliphatic hydroxyl groups is 1. The molecule has 1 heterocycles. The zero-order valence-corrected chi connectivity index (χ0v) is 4.63. The molecule has 1 aliphatic rings. The van der Waals surface area contributed by atoms with Gasteiger partial charge in [-0.3, -0.25) is 4.79 Å². The summed E-state index contributed by atoms with van der Waals surface area (Å²) in [6, 6.07) is 0. The van der Waals surface area contributed by atoms with Crippen LogP contribution in [-0.2, 0) is 9.53 Å². The van der Waals surface area contributed by atoms with Crippen LogP contribution in [0.1, 0.15) is 6.92 Å². The maximum Gasteiger partial charge on any atom is 0.191 e. The molecule has 1 fully saturated rings. The van der Waals surface area contributed by atoms with Crippen molar-refractivity contribution in [3.05, 3.63) is 0 Å². The Balaban J connectivity index is 2.57. The Bertz CT molecular complexity index is 98.2. The standard InChI is InChI=1S/C5H8O3/c1-3-5(7)4(6)2-8-3/h3-4,6H,2H2,1H3. The minimum Gasteiger partial charge on any atom is -0.383 e. The van der Waals surface area contributed by atoms with Crippen LogP contribution in [-0.4, -0.2) is 29.7 Å². The lowest BCUT2D eigenvalue weighted by Gasteiger charge is -1.94. The lowest BCUT2D eigenvalue weighted by atomic mass is 10.2. The number of hydrogen-bond acceptors (Lipinski definition) is 3. The molecule has 0 saturated carbocycles. The summed E-state index contributed by atoms with van der Waals surface area (Å²) in [4.78, 5) is 10.5. The molecule has 1 saturated heterocycles. The van der Waals surface area contributed by atoms with Crippen molar-refractivity contribution in [1.29, 1.82) is 0 Å². The molecule has 1 N–H and O–H groups in total. The van der Waals surface area contributed by atoms with E-state index in [2.05, 4.69) is 0 Å². The highest BCUT2D eigenvalue weighted by Gasteiger charge is 2.29. The first-order valence-corrected chi connectivity index (χ1v) is 2.55. The van der Waals surface area contributed by atoms with E-state index >= 15 is 0 Å². The zero-order chi connectivity index (χ0) is 6.15. The number of rotatable bonds is 0. The fraction of sp³-hybridized carbons (Fsp3) is 0.800. The van der Waals surface area contributed by atoms with Crippen molar-refractivity contribution in [2.24, 2.45) is 0 Å². The molecule has 8 heavy (non-hydrogen) atoms. The van der Waals surface area contributed by atoms with E-state index in [1.807, 2.05) is 0 Å². The van der Waals surface area contributed by atoms with E-state index in [0.29, 0.717) is 0 Å². The molecule has 0 amide bonds. The molecule has 2 atom stereocenters. The van der Waals surface area contributed by atoms with Gasteiger partial charge in [0.2, 0.25) is 0 Å². The Morgan fingerprint density at radius 1 is 1.88 bits per heavy atom. The van der Waals surface area contributed by atoms with E-state index < -0.39 is 12.2 Å². The second-order valence-electron chi connectivity index (χ2n) is 1.89. The summed E-state index contributed by atoms with van der Waals surface area (Å²) in [5, 5.41) is 8.69. The summed E-state index contributed by atoms with van der Waals surface area (Å²) in [6.07, 6.45) is -1.27. The van der Waals surface area contributed by atoms with E-state index in [4.69, 9.17) is 9.84 Å². The largest absolute Gasteiger partial charge is 0.383 e. The van der Waals surface area contributed by atoms with Gasteiger partial charge in [0.1, 0.15) is 12.2 Å². The van der Waals surface area contributed by atoms with Crippen LogP contribution >= 0.6 is 0 Å². The second kappa shape index (κ2) is 1.84. The van der Waals surface area contributed by atoms with E-state index in [9.17, 15) is 4.79 Å². The second-order valence-corrected chi connectivity index (χ2v) is 1.89. The van der Waals surface area contributed by atoms with Crippen molar-refractivity contribution in [3.8, 4) is 0 Å². The molecule has 0 spiro atoms. The topological polar surface area (TPSA) is 46.5 Å². The highest BCUT2D eigenvalue weighted by molar-refractivity contribution is 5.88. The monoisotopic (exact) mass is 116 g/mol. The van der Waals surface area contributed by atoms with E-state index in [1.54, 1.807) is 6.92 Å². The number of aliphatic hydroxyl groups excluding tert-OH is 1. The summed E-state index contributed by atoms with van der Waals surface area (Å²) in [5.74, 6) is -0.204. The van der Waals surface area contributed by atoms with Crippen molar-refractivity contribution in [1.82, 2.24) is 0 Å². The number of carbonyl (C=O) groups excluding carboxylic acids is 1. The van der Waals surface area contributed by atoms with Crippen LogP contribution in [0.5, 0.6) is 0 Å². The van der Waals surface area contributed by atoms with Gasteiger partial charge in [0, 0.05) is 0 Å². The lowest BCUT2D eigenvalue weighted by molar-refractivity contribution is -0.126. The van der Waals surface area contributed by atoms with Gasteiger partial charge in [-0.1, -0.05) is 0 Å². The summed E-state index contributed by atoms with van der Waals surface area (Å²) in [6.45, 7) is 1.80. The van der Waals surface area contributed by atoms with E-state index in [-0.39, 0.29) is 12.4 Å². The van der Waals surface area contributed by atoms with Crippen molar-refractivity contribution in [2.45, 2.75) is 19.1 Å². The van der Waals surface area contributed by atoms with Gasteiger partial charge in [-0.05, 0) is 6.92 Å². The molecule has 0 aromatic carbocycles. The predicted molar refractivity (Wildman–Crippen MR) is 26.4 cm³/mol. The number of hydrogen-bond donors (Lipinski definition) is 1. The zero-order valence-electron chi connectivity index (χ0n) is 4.63. The third-order valence-corrected chi connectivity index (χ3v) is 1.23. The molecule has 0 radical (unpaired) electrons. The number of Topliss-reactive ketones (excluding diaryl/α,β-unsaturated/α-hetero) is 1. The molecule has 0 aromatic rings. The minimum absolute atomic E-state index is 0.167. The van der Waals surface area contributed by atoms with Crippen LogP contribution in [0.2, 0.25) is 0 Å². The van der Waals surface area contributed by atoms with Crippen molar-refractivity contribution >= 4 is 5.78 Å². The van der Waals surface area contributed by atoms with E-state index in [0.717, 1.165) is 0 Å². The highest BCUT2D eigenvalue weighted by Crippen LogP contribution is 2.06. The minimum atomic E-state index is -0.870. The SMILES string of the molecule is CC1OCC(O)C1=O. The fourth-order valence-electron chi connectivity index (χ4n) is 0.671. The van der Waals surface area contributed by atoms with Crippen LogP contribution in [0.4, 0.5) is 0 Å². The molecule has 3 heteroatoms. The Kier molecular flexibility index (Phi) is 1.31. The van der Waals surface area contributed by atoms with Gasteiger partial charge in [-0.2, -0.15) is 0 Å². The van der Waals surface area contributed by atoms with Gasteiger partial charge in [0.15, 0.2) is 5.78 Å². The van der Waals surface area contributed by atoms with Gasteiger partial charge in [0.25, 0.3) is 0 Å². The normalized spacial score (nSPS) is 38.5. The Morgan fingerprint density at radius 3 is 2.62 bits per heavy atom. The van der Waals surface area contributed by atoms with Gasteiger partial charge in [0.05, 0.1) is 6.61 Å². The molecule has 0 bridgehead atoms. The molecule has 2 unspecified atom stereocenters. The van der Waals surface area contributed by atoms with Gasteiger partial charge >= 0.3 is 0 Å². The third-order valence-electron chi connectivity index (χ3n) is 1.23. The Labute approximate surface area is 47.3 Å². The van der Waals surface area contributed by atoms with Crippen LogP contribution in [0, 0.1) is 0 Å². The Morgan fingerprint density at radius 2 is 2.50 bits per heavy atom. The van der Waals surface area contributed by atoms with Crippen LogP contribution in [0.3, 0.4) is 0 Å². The molecular weight excluding hydrogens is 108 g/mol. The third kappa shape index (κ3) is 0.743. The average Bonchev–Trinajstić information content (AvgIpc) is 1.98. The van der Waals surface area contributed by atoms with Crippen molar-refractivity contribution in [3.63, 3.8) is 0 Å². The molecule has 0 aromatic heterocycles.